The topological polar surface area (TPSA) is 91.7 Å². The molecule has 0 radical (unpaired) electrons. The summed E-state index contributed by atoms with van der Waals surface area (Å²) < 4.78 is 0. The van der Waals surface area contributed by atoms with Gasteiger partial charge >= 0.3 is 11.9 Å². The highest BCUT2D eigenvalue weighted by molar-refractivity contribution is 5.89. The average Bonchev–Trinajstić information content (AvgIpc) is 2.65. The van der Waals surface area contributed by atoms with E-state index in [0.29, 0.717) is 17.8 Å². The van der Waals surface area contributed by atoms with Gasteiger partial charge < -0.3 is 10.2 Å². The van der Waals surface area contributed by atoms with Gasteiger partial charge in [-0.1, -0.05) is 59.6 Å². The maximum absolute atomic E-state index is 12.2. The van der Waals surface area contributed by atoms with Crippen molar-refractivity contribution in [2.24, 2.45) is 29.6 Å². The molecule has 5 atom stereocenters. The molecule has 0 rings (SSSR count). The van der Waals surface area contributed by atoms with Crippen LogP contribution in [0.2, 0.25) is 0 Å². The summed E-state index contributed by atoms with van der Waals surface area (Å²) >= 11 is 0. The third kappa shape index (κ3) is 14.2. The monoisotopic (exact) mass is 450 g/mol. The van der Waals surface area contributed by atoms with Crippen LogP contribution < -0.4 is 0 Å². The van der Waals surface area contributed by atoms with Gasteiger partial charge in [-0.15, -0.1) is 0 Å². The Balaban J connectivity index is 4.88. The number of carboxylic acid groups (broad SMARTS) is 2. The molecule has 0 saturated carbocycles. The van der Waals surface area contributed by atoms with Crippen LogP contribution in [-0.4, -0.2) is 27.9 Å². The van der Waals surface area contributed by atoms with Gasteiger partial charge in [0.15, 0.2) is 0 Å². The van der Waals surface area contributed by atoms with Crippen LogP contribution in [0.15, 0.2) is 23.3 Å². The number of ketones is 1. The van der Waals surface area contributed by atoms with E-state index in [0.717, 1.165) is 17.9 Å². The molecule has 2 N–H and O–H groups in total. The van der Waals surface area contributed by atoms with Crippen LogP contribution in [0.25, 0.3) is 0 Å². The number of hydrogen-bond acceptors (Lipinski definition) is 3. The molecule has 0 heterocycles. The summed E-state index contributed by atoms with van der Waals surface area (Å²) in [6, 6.07) is 0. The molecule has 32 heavy (non-hydrogen) atoms. The number of rotatable bonds is 17. The number of carbonyl (C=O) groups is 3. The lowest BCUT2D eigenvalue weighted by Gasteiger charge is -2.21. The van der Waals surface area contributed by atoms with Gasteiger partial charge in [0.1, 0.15) is 5.78 Å². The Labute approximate surface area is 195 Å². The Kier molecular flexibility index (Phi) is 14.9. The molecule has 5 heteroatoms. The van der Waals surface area contributed by atoms with Gasteiger partial charge in [-0.2, -0.15) is 0 Å². The zero-order valence-corrected chi connectivity index (χ0v) is 21.3. The fourth-order valence-electron chi connectivity index (χ4n) is 4.52. The van der Waals surface area contributed by atoms with Crippen molar-refractivity contribution in [3.63, 3.8) is 0 Å². The van der Waals surface area contributed by atoms with E-state index in [1.54, 1.807) is 13.0 Å². The van der Waals surface area contributed by atoms with E-state index in [1.807, 2.05) is 6.92 Å². The number of hydrogen-bond donors (Lipinski definition) is 2. The van der Waals surface area contributed by atoms with E-state index >= 15 is 0 Å². The van der Waals surface area contributed by atoms with Crippen molar-refractivity contribution in [2.45, 2.75) is 99.8 Å². The highest BCUT2D eigenvalue weighted by atomic mass is 16.4. The molecular weight excluding hydrogens is 404 g/mol. The minimum absolute atomic E-state index is 0.0470. The van der Waals surface area contributed by atoms with E-state index < -0.39 is 17.9 Å². The second-order valence-corrected chi connectivity index (χ2v) is 10.1. The molecule has 0 aromatic carbocycles. The Morgan fingerprint density at radius 3 is 1.94 bits per heavy atom. The van der Waals surface area contributed by atoms with Gasteiger partial charge in [-0.3, -0.25) is 9.59 Å². The van der Waals surface area contributed by atoms with Gasteiger partial charge in [0.05, 0.1) is 0 Å². The predicted molar refractivity (Wildman–Crippen MR) is 131 cm³/mol. The summed E-state index contributed by atoms with van der Waals surface area (Å²) in [5.74, 6) is -0.0274. The molecule has 5 nitrogen and oxygen atoms in total. The fourth-order valence-corrected chi connectivity index (χ4v) is 4.52. The highest BCUT2D eigenvalue weighted by Crippen LogP contribution is 2.26. The highest BCUT2D eigenvalue weighted by Gasteiger charge is 2.19. The van der Waals surface area contributed by atoms with Gasteiger partial charge in [0.25, 0.3) is 0 Å². The maximum Gasteiger partial charge on any atom is 0.331 e. The first-order valence-corrected chi connectivity index (χ1v) is 12.2. The van der Waals surface area contributed by atoms with E-state index in [2.05, 4.69) is 40.7 Å². The second-order valence-electron chi connectivity index (χ2n) is 10.1. The van der Waals surface area contributed by atoms with E-state index in [9.17, 15) is 19.5 Å². The summed E-state index contributed by atoms with van der Waals surface area (Å²) in [6.07, 6.45) is 9.13. The first kappa shape index (κ1) is 30.1. The van der Waals surface area contributed by atoms with Crippen molar-refractivity contribution in [1.29, 1.82) is 0 Å². The van der Waals surface area contributed by atoms with Crippen LogP contribution in [0.5, 0.6) is 0 Å². The Morgan fingerprint density at radius 1 is 0.844 bits per heavy atom. The van der Waals surface area contributed by atoms with Gasteiger partial charge in [0, 0.05) is 24.3 Å². The van der Waals surface area contributed by atoms with E-state index in [1.165, 1.54) is 19.3 Å². The van der Waals surface area contributed by atoms with Crippen LogP contribution in [0.4, 0.5) is 0 Å². The number of carbonyl (C=O) groups excluding carboxylic acids is 1. The molecule has 0 aliphatic carbocycles. The third-order valence-corrected chi connectivity index (χ3v) is 6.19. The lowest BCUT2D eigenvalue weighted by atomic mass is 9.84. The first-order chi connectivity index (χ1) is 14.8. The first-order valence-electron chi connectivity index (χ1n) is 12.2. The largest absolute Gasteiger partial charge is 0.481 e. The molecule has 5 unspecified atom stereocenters. The molecule has 0 fully saturated rings. The quantitative estimate of drug-likeness (QED) is 0.185. The zero-order chi connectivity index (χ0) is 24.8. The molecule has 0 aromatic rings. The van der Waals surface area contributed by atoms with Crippen LogP contribution in [0.1, 0.15) is 99.8 Å². The SMILES string of the molecule is CCC(C)CC(C)CC(C)CC(C)/C=C(C)/C=C(/CC(C)C(=O)CCCC(=O)O)C(=O)O. The Hall–Kier alpha value is -1.91. The number of Topliss-reactive ketones (excluding diaryl/α,β-unsaturated/α-hetero) is 1. The molecule has 0 aliphatic rings. The summed E-state index contributed by atoms with van der Waals surface area (Å²) in [6.45, 7) is 15.0. The third-order valence-electron chi connectivity index (χ3n) is 6.19. The standard InChI is InChI=1S/C27H46O5/c1-8-18(2)12-19(3)13-20(4)14-21(5)15-22(6)16-24(27(31)32)17-23(7)25(28)10-9-11-26(29)30/h15-16,18-21,23H,8-14,17H2,1-7H3,(H,29,30)(H,31,32)/b22-15+,24-16-. The molecule has 0 aromatic heterocycles. The number of aliphatic carboxylic acids is 2. The smallest absolute Gasteiger partial charge is 0.331 e. The fraction of sp³-hybridized carbons (Fsp3) is 0.741. The Morgan fingerprint density at radius 2 is 1.41 bits per heavy atom. The molecule has 0 amide bonds. The Bertz CT molecular complexity index is 661. The predicted octanol–water partition coefficient (Wildman–Crippen LogP) is 6.92. The molecule has 184 valence electrons. The van der Waals surface area contributed by atoms with Gasteiger partial charge in [-0.25, -0.2) is 4.79 Å². The minimum Gasteiger partial charge on any atom is -0.481 e. The van der Waals surface area contributed by atoms with Crippen LogP contribution in [-0.2, 0) is 14.4 Å². The van der Waals surface area contributed by atoms with Crippen LogP contribution in [0, 0.1) is 29.6 Å². The molecule has 0 saturated heterocycles. The van der Waals surface area contributed by atoms with E-state index in [4.69, 9.17) is 5.11 Å². The second kappa shape index (κ2) is 15.8. The minimum atomic E-state index is -1.01. The van der Waals surface area contributed by atoms with Crippen molar-refractivity contribution >= 4 is 17.7 Å². The van der Waals surface area contributed by atoms with E-state index in [-0.39, 0.29) is 37.0 Å². The van der Waals surface area contributed by atoms with Crippen LogP contribution >= 0.6 is 0 Å². The molecular formula is C27H46O5. The van der Waals surface area contributed by atoms with Crippen molar-refractivity contribution < 1.29 is 24.6 Å². The van der Waals surface area contributed by atoms with Crippen molar-refractivity contribution in [3.8, 4) is 0 Å². The normalized spacial score (nSPS) is 17.3. The van der Waals surface area contributed by atoms with Crippen molar-refractivity contribution in [1.82, 2.24) is 0 Å². The summed E-state index contributed by atoms with van der Waals surface area (Å²) in [7, 11) is 0. The lowest BCUT2D eigenvalue weighted by molar-refractivity contribution is -0.137. The number of allylic oxidation sites excluding steroid dienone is 3. The molecule has 0 bridgehead atoms. The molecule has 0 aliphatic heterocycles. The molecule has 0 spiro atoms. The average molecular weight is 451 g/mol. The van der Waals surface area contributed by atoms with Crippen LogP contribution in [0.3, 0.4) is 0 Å². The summed E-state index contributed by atoms with van der Waals surface area (Å²) in [5.41, 5.74) is 1.13. The van der Waals surface area contributed by atoms with Gasteiger partial charge in [-0.05, 0) is 68.8 Å². The summed E-state index contributed by atoms with van der Waals surface area (Å²) in [5, 5.41) is 18.3. The lowest BCUT2D eigenvalue weighted by Crippen LogP contribution is -2.15. The zero-order valence-electron chi connectivity index (χ0n) is 21.3. The van der Waals surface area contributed by atoms with Crippen molar-refractivity contribution in [3.05, 3.63) is 23.3 Å². The number of carboxylic acids is 2. The van der Waals surface area contributed by atoms with Crippen molar-refractivity contribution in [2.75, 3.05) is 0 Å². The maximum atomic E-state index is 12.2. The van der Waals surface area contributed by atoms with Gasteiger partial charge in [0.2, 0.25) is 0 Å². The summed E-state index contributed by atoms with van der Waals surface area (Å²) in [4.78, 5) is 34.5.